The molecule has 4 heteroatoms. The molecule has 0 bridgehead atoms. The first-order valence-corrected chi connectivity index (χ1v) is 7.29. The van der Waals surface area contributed by atoms with E-state index >= 15 is 0 Å². The van der Waals surface area contributed by atoms with Gasteiger partial charge in [-0.2, -0.15) is 0 Å². The SMILES string of the molecule is CC(Cc1n[nH]c(=S)o1)c1ccc2c(c1)CCCC2. The summed E-state index contributed by atoms with van der Waals surface area (Å²) in [7, 11) is 0. The van der Waals surface area contributed by atoms with Crippen LogP contribution < -0.4 is 0 Å². The Balaban J connectivity index is 1.79. The maximum Gasteiger partial charge on any atom is 0.284 e. The molecule has 1 heterocycles. The van der Waals surface area contributed by atoms with Crippen LogP contribution in [0.2, 0.25) is 0 Å². The summed E-state index contributed by atoms with van der Waals surface area (Å²) in [6.07, 6.45) is 5.89. The molecule has 1 unspecified atom stereocenters. The van der Waals surface area contributed by atoms with Gasteiger partial charge >= 0.3 is 0 Å². The molecule has 0 aliphatic heterocycles. The Bertz CT molecular complexity index is 629. The van der Waals surface area contributed by atoms with Crippen molar-refractivity contribution in [1.29, 1.82) is 0 Å². The number of nitrogens with zero attached hydrogens (tertiary/aromatic N) is 1. The van der Waals surface area contributed by atoms with Gasteiger partial charge in [-0.25, -0.2) is 5.10 Å². The normalized spacial score (nSPS) is 16.1. The third-order valence-electron chi connectivity index (χ3n) is 3.90. The van der Waals surface area contributed by atoms with Gasteiger partial charge in [0.25, 0.3) is 4.84 Å². The number of H-pyrrole nitrogens is 1. The molecule has 1 atom stereocenters. The van der Waals surface area contributed by atoms with Crippen LogP contribution >= 0.6 is 12.2 Å². The van der Waals surface area contributed by atoms with Crippen molar-refractivity contribution in [2.45, 2.75) is 44.9 Å². The van der Waals surface area contributed by atoms with Gasteiger partial charge in [-0.3, -0.25) is 0 Å². The summed E-state index contributed by atoms with van der Waals surface area (Å²) in [6, 6.07) is 6.90. The first-order chi connectivity index (χ1) is 9.22. The lowest BCUT2D eigenvalue weighted by Crippen LogP contribution is -2.05. The van der Waals surface area contributed by atoms with Crippen molar-refractivity contribution in [3.05, 3.63) is 45.6 Å². The topological polar surface area (TPSA) is 41.8 Å². The number of aromatic nitrogens is 2. The van der Waals surface area contributed by atoms with E-state index < -0.39 is 0 Å². The van der Waals surface area contributed by atoms with Gasteiger partial charge in [-0.15, -0.1) is 5.10 Å². The molecule has 0 amide bonds. The second kappa shape index (κ2) is 5.29. The molecule has 19 heavy (non-hydrogen) atoms. The van der Waals surface area contributed by atoms with Gasteiger partial charge in [-0.05, 0) is 60.5 Å². The lowest BCUT2D eigenvalue weighted by atomic mass is 9.87. The summed E-state index contributed by atoms with van der Waals surface area (Å²) in [5, 5.41) is 6.75. The van der Waals surface area contributed by atoms with Crippen LogP contribution in [-0.4, -0.2) is 10.2 Å². The Morgan fingerprint density at radius 2 is 2.11 bits per heavy atom. The molecule has 3 rings (SSSR count). The van der Waals surface area contributed by atoms with E-state index in [1.165, 1.54) is 42.4 Å². The predicted octanol–water partition coefficient (Wildman–Crippen LogP) is 3.96. The van der Waals surface area contributed by atoms with Gasteiger partial charge in [0.1, 0.15) is 0 Å². The summed E-state index contributed by atoms with van der Waals surface area (Å²) in [6.45, 7) is 2.21. The van der Waals surface area contributed by atoms with E-state index in [-0.39, 0.29) is 0 Å². The van der Waals surface area contributed by atoms with Crippen LogP contribution in [-0.2, 0) is 19.3 Å². The minimum atomic E-state index is 0.354. The zero-order valence-corrected chi connectivity index (χ0v) is 11.9. The van der Waals surface area contributed by atoms with Crippen molar-refractivity contribution in [2.24, 2.45) is 0 Å². The molecular formula is C15H18N2OS. The summed E-state index contributed by atoms with van der Waals surface area (Å²) < 4.78 is 5.34. The number of rotatable bonds is 3. The minimum absolute atomic E-state index is 0.354. The summed E-state index contributed by atoms with van der Waals surface area (Å²) in [5.74, 6) is 1.09. The van der Waals surface area contributed by atoms with Crippen molar-refractivity contribution in [3.63, 3.8) is 0 Å². The molecule has 0 fully saturated rings. The standard InChI is InChI=1S/C15H18N2OS/c1-10(8-14-16-17-15(19)18-14)12-7-6-11-4-2-3-5-13(11)9-12/h6-7,9-10H,2-5,8H2,1H3,(H,17,19). The molecule has 0 saturated heterocycles. The number of hydrogen-bond acceptors (Lipinski definition) is 3. The molecule has 2 aromatic rings. The molecule has 1 aromatic heterocycles. The number of benzene rings is 1. The Morgan fingerprint density at radius 3 is 2.84 bits per heavy atom. The molecule has 0 spiro atoms. The van der Waals surface area contributed by atoms with Crippen LogP contribution in [0.5, 0.6) is 0 Å². The first-order valence-electron chi connectivity index (χ1n) is 6.88. The van der Waals surface area contributed by atoms with Gasteiger partial charge in [-0.1, -0.05) is 25.1 Å². The monoisotopic (exact) mass is 274 g/mol. The van der Waals surface area contributed by atoms with Crippen molar-refractivity contribution in [2.75, 3.05) is 0 Å². The largest absolute Gasteiger partial charge is 0.414 e. The van der Waals surface area contributed by atoms with Crippen LogP contribution in [0.25, 0.3) is 0 Å². The van der Waals surface area contributed by atoms with Crippen molar-refractivity contribution in [1.82, 2.24) is 10.2 Å². The fourth-order valence-electron chi connectivity index (χ4n) is 2.79. The smallest absolute Gasteiger partial charge is 0.284 e. The molecule has 100 valence electrons. The minimum Gasteiger partial charge on any atom is -0.414 e. The van der Waals surface area contributed by atoms with Gasteiger partial charge in [0.2, 0.25) is 5.89 Å². The molecular weight excluding hydrogens is 256 g/mol. The van der Waals surface area contributed by atoms with E-state index in [0.29, 0.717) is 16.6 Å². The summed E-state index contributed by atoms with van der Waals surface area (Å²) in [4.78, 5) is 0.354. The molecule has 1 aliphatic carbocycles. The van der Waals surface area contributed by atoms with E-state index in [1.54, 1.807) is 0 Å². The highest BCUT2D eigenvalue weighted by atomic mass is 32.1. The predicted molar refractivity (Wildman–Crippen MR) is 76.9 cm³/mol. The quantitative estimate of drug-likeness (QED) is 0.861. The van der Waals surface area contributed by atoms with E-state index in [1.807, 2.05) is 0 Å². The van der Waals surface area contributed by atoms with Crippen LogP contribution in [0.3, 0.4) is 0 Å². The summed E-state index contributed by atoms with van der Waals surface area (Å²) >= 11 is 4.90. The van der Waals surface area contributed by atoms with Gasteiger partial charge < -0.3 is 4.42 Å². The molecule has 1 aliphatic rings. The fraction of sp³-hybridized carbons (Fsp3) is 0.467. The number of nitrogens with one attached hydrogen (secondary N) is 1. The van der Waals surface area contributed by atoms with Crippen LogP contribution in [0.1, 0.15) is 48.3 Å². The number of aryl methyl sites for hydroxylation is 2. The Labute approximate surface area is 118 Å². The average molecular weight is 274 g/mol. The highest BCUT2D eigenvalue weighted by molar-refractivity contribution is 7.71. The zero-order chi connectivity index (χ0) is 13.2. The lowest BCUT2D eigenvalue weighted by molar-refractivity contribution is 0.466. The number of fused-ring (bicyclic) bond motifs is 1. The van der Waals surface area contributed by atoms with Gasteiger partial charge in [0.05, 0.1) is 0 Å². The van der Waals surface area contributed by atoms with Crippen LogP contribution in [0.4, 0.5) is 0 Å². The molecule has 1 aromatic carbocycles. The van der Waals surface area contributed by atoms with Crippen LogP contribution in [0.15, 0.2) is 22.6 Å². The average Bonchev–Trinajstić information content (AvgIpc) is 2.83. The highest BCUT2D eigenvalue weighted by Gasteiger charge is 2.14. The van der Waals surface area contributed by atoms with Gasteiger partial charge in [0, 0.05) is 6.42 Å². The van der Waals surface area contributed by atoms with E-state index in [9.17, 15) is 0 Å². The summed E-state index contributed by atoms with van der Waals surface area (Å²) in [5.41, 5.74) is 4.42. The van der Waals surface area contributed by atoms with E-state index in [4.69, 9.17) is 16.6 Å². The zero-order valence-electron chi connectivity index (χ0n) is 11.1. The number of aromatic amines is 1. The Morgan fingerprint density at radius 1 is 1.32 bits per heavy atom. The third-order valence-corrected chi connectivity index (χ3v) is 4.08. The van der Waals surface area contributed by atoms with E-state index in [0.717, 1.165) is 6.42 Å². The van der Waals surface area contributed by atoms with Gasteiger partial charge in [0.15, 0.2) is 0 Å². The second-order valence-corrected chi connectivity index (χ2v) is 5.72. The first kappa shape index (κ1) is 12.6. The van der Waals surface area contributed by atoms with Crippen molar-refractivity contribution < 1.29 is 4.42 Å². The van der Waals surface area contributed by atoms with E-state index in [2.05, 4.69) is 35.3 Å². The maximum absolute atomic E-state index is 5.34. The Hall–Kier alpha value is -1.42. The molecule has 0 radical (unpaired) electrons. The molecule has 1 N–H and O–H groups in total. The molecule has 3 nitrogen and oxygen atoms in total. The number of hydrogen-bond donors (Lipinski definition) is 1. The van der Waals surface area contributed by atoms with Crippen LogP contribution in [0, 0.1) is 4.84 Å². The second-order valence-electron chi connectivity index (χ2n) is 5.35. The molecule has 0 saturated carbocycles. The lowest BCUT2D eigenvalue weighted by Gasteiger charge is -2.18. The Kier molecular flexibility index (Phi) is 3.51. The highest BCUT2D eigenvalue weighted by Crippen LogP contribution is 2.26. The fourth-order valence-corrected chi connectivity index (χ4v) is 2.93. The third kappa shape index (κ3) is 2.78. The van der Waals surface area contributed by atoms with Crippen molar-refractivity contribution in [3.8, 4) is 0 Å². The maximum atomic E-state index is 5.34. The van der Waals surface area contributed by atoms with Crippen molar-refractivity contribution >= 4 is 12.2 Å².